The number of hydrogen-bond acceptors (Lipinski definition) is 1. The van der Waals surface area contributed by atoms with Gasteiger partial charge in [-0.3, -0.25) is 0 Å². The van der Waals surface area contributed by atoms with Gasteiger partial charge in [0.25, 0.3) is 0 Å². The van der Waals surface area contributed by atoms with Gasteiger partial charge in [-0.1, -0.05) is 36.2 Å². The van der Waals surface area contributed by atoms with Crippen LogP contribution in [0.3, 0.4) is 0 Å². The SMILES string of the molecule is CCC(Nc1ccc2[nH]ccc2c1)c1ccc(Cl)c(Cl)c1. The predicted molar refractivity (Wildman–Crippen MR) is 91.4 cm³/mol. The fourth-order valence-corrected chi connectivity index (χ4v) is 2.80. The molecule has 1 heterocycles. The Morgan fingerprint density at radius 1 is 1.05 bits per heavy atom. The molecule has 21 heavy (non-hydrogen) atoms. The van der Waals surface area contributed by atoms with Crippen LogP contribution in [0.2, 0.25) is 10.0 Å². The summed E-state index contributed by atoms with van der Waals surface area (Å²) in [5.41, 5.74) is 3.38. The van der Waals surface area contributed by atoms with Crippen molar-refractivity contribution >= 4 is 39.8 Å². The molecule has 1 atom stereocenters. The molecule has 3 rings (SSSR count). The lowest BCUT2D eigenvalue weighted by Crippen LogP contribution is -2.09. The van der Waals surface area contributed by atoms with Crippen LogP contribution in [0.4, 0.5) is 5.69 Å². The molecule has 2 aromatic carbocycles. The molecule has 0 fully saturated rings. The summed E-state index contributed by atoms with van der Waals surface area (Å²) < 4.78 is 0. The zero-order chi connectivity index (χ0) is 14.8. The largest absolute Gasteiger partial charge is 0.378 e. The molecular weight excluding hydrogens is 303 g/mol. The molecule has 2 nitrogen and oxygen atoms in total. The van der Waals surface area contributed by atoms with E-state index in [1.165, 1.54) is 5.39 Å². The molecule has 0 saturated carbocycles. The molecule has 0 amide bonds. The number of hydrogen-bond donors (Lipinski definition) is 2. The summed E-state index contributed by atoms with van der Waals surface area (Å²) in [6.07, 6.45) is 2.91. The van der Waals surface area contributed by atoms with Crippen LogP contribution in [-0.4, -0.2) is 4.98 Å². The number of nitrogens with one attached hydrogen (secondary N) is 2. The second-order valence-electron chi connectivity index (χ2n) is 5.06. The number of benzene rings is 2. The Morgan fingerprint density at radius 3 is 2.67 bits per heavy atom. The lowest BCUT2D eigenvalue weighted by Gasteiger charge is -2.19. The van der Waals surface area contributed by atoms with Gasteiger partial charge in [0.15, 0.2) is 0 Å². The molecule has 0 aliphatic carbocycles. The summed E-state index contributed by atoms with van der Waals surface area (Å²) in [7, 11) is 0. The lowest BCUT2D eigenvalue weighted by atomic mass is 10.0. The highest BCUT2D eigenvalue weighted by Crippen LogP contribution is 2.29. The summed E-state index contributed by atoms with van der Waals surface area (Å²) in [5.74, 6) is 0. The first-order valence-corrected chi connectivity index (χ1v) is 7.71. The molecule has 3 aromatic rings. The van der Waals surface area contributed by atoms with Gasteiger partial charge < -0.3 is 10.3 Å². The Morgan fingerprint density at radius 2 is 1.90 bits per heavy atom. The van der Waals surface area contributed by atoms with Crippen molar-refractivity contribution in [2.75, 3.05) is 5.32 Å². The van der Waals surface area contributed by atoms with E-state index in [2.05, 4.69) is 41.5 Å². The Kier molecular flexibility index (Phi) is 4.09. The number of anilines is 1. The van der Waals surface area contributed by atoms with Gasteiger partial charge in [-0.05, 0) is 48.4 Å². The number of aromatic amines is 1. The van der Waals surface area contributed by atoms with Crippen molar-refractivity contribution < 1.29 is 0 Å². The van der Waals surface area contributed by atoms with E-state index in [0.29, 0.717) is 10.0 Å². The smallest absolute Gasteiger partial charge is 0.0595 e. The van der Waals surface area contributed by atoms with Crippen molar-refractivity contribution in [3.63, 3.8) is 0 Å². The average Bonchev–Trinajstić information content (AvgIpc) is 2.95. The van der Waals surface area contributed by atoms with E-state index in [-0.39, 0.29) is 6.04 Å². The van der Waals surface area contributed by atoms with Crippen LogP contribution < -0.4 is 5.32 Å². The minimum atomic E-state index is 0.205. The quantitative estimate of drug-likeness (QED) is 0.603. The van der Waals surface area contributed by atoms with Crippen molar-refractivity contribution in [2.45, 2.75) is 19.4 Å². The maximum absolute atomic E-state index is 6.12. The third-order valence-electron chi connectivity index (χ3n) is 3.65. The second kappa shape index (κ2) is 6.00. The summed E-state index contributed by atoms with van der Waals surface area (Å²) in [6.45, 7) is 2.15. The van der Waals surface area contributed by atoms with E-state index in [9.17, 15) is 0 Å². The molecule has 0 aliphatic rings. The maximum Gasteiger partial charge on any atom is 0.0595 e. The van der Waals surface area contributed by atoms with Gasteiger partial charge in [-0.15, -0.1) is 0 Å². The molecule has 1 aromatic heterocycles. The summed E-state index contributed by atoms with van der Waals surface area (Å²) in [6, 6.07) is 14.4. The first-order chi connectivity index (χ1) is 10.2. The third kappa shape index (κ3) is 3.02. The highest BCUT2D eigenvalue weighted by atomic mass is 35.5. The Labute approximate surface area is 134 Å². The number of halogens is 2. The number of rotatable bonds is 4. The fraction of sp³-hybridized carbons (Fsp3) is 0.176. The molecule has 4 heteroatoms. The number of fused-ring (bicyclic) bond motifs is 1. The van der Waals surface area contributed by atoms with Crippen molar-refractivity contribution in [1.29, 1.82) is 0 Å². The Hall–Kier alpha value is -1.64. The normalized spacial score (nSPS) is 12.5. The van der Waals surface area contributed by atoms with Crippen LogP contribution in [0.1, 0.15) is 24.9 Å². The predicted octanol–water partition coefficient (Wildman–Crippen LogP) is 6.04. The van der Waals surface area contributed by atoms with Crippen LogP contribution in [0, 0.1) is 0 Å². The van der Waals surface area contributed by atoms with Gasteiger partial charge in [-0.25, -0.2) is 0 Å². The van der Waals surface area contributed by atoms with Crippen LogP contribution >= 0.6 is 23.2 Å². The number of H-pyrrole nitrogens is 1. The van der Waals surface area contributed by atoms with E-state index < -0.39 is 0 Å². The fourth-order valence-electron chi connectivity index (χ4n) is 2.49. The first kappa shape index (κ1) is 14.3. The van der Waals surface area contributed by atoms with Crippen molar-refractivity contribution in [3.8, 4) is 0 Å². The lowest BCUT2D eigenvalue weighted by molar-refractivity contribution is 0.750. The van der Waals surface area contributed by atoms with Gasteiger partial charge in [0.05, 0.1) is 16.1 Å². The van der Waals surface area contributed by atoms with Gasteiger partial charge in [0.2, 0.25) is 0 Å². The van der Waals surface area contributed by atoms with Crippen LogP contribution in [0.5, 0.6) is 0 Å². The van der Waals surface area contributed by atoms with Crippen molar-refractivity contribution in [2.24, 2.45) is 0 Å². The molecule has 0 radical (unpaired) electrons. The zero-order valence-corrected chi connectivity index (χ0v) is 13.2. The van der Waals surface area contributed by atoms with Crippen LogP contribution in [0.15, 0.2) is 48.7 Å². The molecule has 108 valence electrons. The Bertz CT molecular complexity index is 764. The van der Waals surface area contributed by atoms with Gasteiger partial charge in [-0.2, -0.15) is 0 Å². The molecular formula is C17H16Cl2N2. The summed E-state index contributed by atoms with van der Waals surface area (Å²) >= 11 is 12.1. The van der Waals surface area contributed by atoms with E-state index in [0.717, 1.165) is 23.2 Å². The van der Waals surface area contributed by atoms with Crippen LogP contribution in [-0.2, 0) is 0 Å². The molecule has 1 unspecified atom stereocenters. The minimum Gasteiger partial charge on any atom is -0.378 e. The molecule has 0 bridgehead atoms. The van der Waals surface area contributed by atoms with E-state index >= 15 is 0 Å². The van der Waals surface area contributed by atoms with E-state index in [1.54, 1.807) is 0 Å². The zero-order valence-electron chi connectivity index (χ0n) is 11.7. The van der Waals surface area contributed by atoms with Crippen molar-refractivity contribution in [1.82, 2.24) is 4.98 Å². The molecule has 0 saturated heterocycles. The maximum atomic E-state index is 6.12. The first-order valence-electron chi connectivity index (χ1n) is 6.96. The summed E-state index contributed by atoms with van der Waals surface area (Å²) in [4.78, 5) is 3.20. The molecule has 0 spiro atoms. The van der Waals surface area contributed by atoms with E-state index in [1.807, 2.05) is 24.4 Å². The number of aromatic nitrogens is 1. The Balaban J connectivity index is 1.87. The van der Waals surface area contributed by atoms with Gasteiger partial charge in [0, 0.05) is 22.8 Å². The van der Waals surface area contributed by atoms with Crippen LogP contribution in [0.25, 0.3) is 10.9 Å². The standard InChI is InChI=1S/C17H16Cl2N2/c1-2-16(11-3-5-14(18)15(19)10-11)21-13-4-6-17-12(9-13)7-8-20-17/h3-10,16,20-21H,2H2,1H3. The van der Waals surface area contributed by atoms with Crippen molar-refractivity contribution in [3.05, 3.63) is 64.3 Å². The minimum absolute atomic E-state index is 0.205. The van der Waals surface area contributed by atoms with E-state index in [4.69, 9.17) is 23.2 Å². The third-order valence-corrected chi connectivity index (χ3v) is 4.39. The van der Waals surface area contributed by atoms with Gasteiger partial charge >= 0.3 is 0 Å². The molecule has 0 aliphatic heterocycles. The molecule has 2 N–H and O–H groups in total. The highest BCUT2D eigenvalue weighted by molar-refractivity contribution is 6.42. The highest BCUT2D eigenvalue weighted by Gasteiger charge is 2.11. The summed E-state index contributed by atoms with van der Waals surface area (Å²) in [5, 5.41) is 5.94. The topological polar surface area (TPSA) is 27.8 Å². The monoisotopic (exact) mass is 318 g/mol. The second-order valence-corrected chi connectivity index (χ2v) is 5.87. The van der Waals surface area contributed by atoms with Gasteiger partial charge in [0.1, 0.15) is 0 Å². The average molecular weight is 319 g/mol.